The molecule has 0 saturated carbocycles. The zero-order chi connectivity index (χ0) is 20.1. The molecule has 1 saturated heterocycles. The predicted molar refractivity (Wildman–Crippen MR) is 84.1 cm³/mol. The van der Waals surface area contributed by atoms with Crippen LogP contribution in [0.1, 0.15) is 25.8 Å². The third-order valence-corrected chi connectivity index (χ3v) is 7.07. The fourth-order valence-corrected chi connectivity index (χ4v) is 4.97. The number of hydrogen-bond acceptors (Lipinski definition) is 5. The Morgan fingerprint density at radius 1 is 1.35 bits per heavy atom. The summed E-state index contributed by atoms with van der Waals surface area (Å²) in [5, 5.41) is 21.1. The molecule has 0 aliphatic carbocycles. The van der Waals surface area contributed by atoms with Crippen LogP contribution in [-0.2, 0) is 15.4 Å². The highest BCUT2D eigenvalue weighted by Crippen LogP contribution is 2.41. The molecule has 12 heteroatoms. The summed E-state index contributed by atoms with van der Waals surface area (Å²) >= 11 is 0. The van der Waals surface area contributed by atoms with Crippen molar-refractivity contribution in [1.29, 1.82) is 5.41 Å². The first kappa shape index (κ1) is 20.1. The highest BCUT2D eigenvalue weighted by molar-refractivity contribution is 7.93. The molecule has 1 aromatic carbocycles. The van der Waals surface area contributed by atoms with E-state index in [4.69, 9.17) is 5.41 Å². The number of nitro benzene ring substituents is 1. The first-order valence-electron chi connectivity index (χ1n) is 7.22. The summed E-state index contributed by atoms with van der Waals surface area (Å²) in [6, 6.07) is 2.44. The number of rotatable bonds is 3. The second-order valence-corrected chi connectivity index (χ2v) is 8.95. The van der Waals surface area contributed by atoms with Crippen molar-refractivity contribution in [3.05, 3.63) is 39.7 Å². The lowest BCUT2D eigenvalue weighted by molar-refractivity contribution is -0.385. The summed E-state index contributed by atoms with van der Waals surface area (Å²) in [6.07, 6.45) is -6.62. The highest BCUT2D eigenvalue weighted by Gasteiger charge is 2.57. The van der Waals surface area contributed by atoms with Gasteiger partial charge in [0, 0.05) is 17.7 Å². The van der Waals surface area contributed by atoms with E-state index in [0.717, 1.165) is 32.0 Å². The summed E-state index contributed by atoms with van der Waals surface area (Å²) in [5.74, 6) is -2.89. The van der Waals surface area contributed by atoms with Gasteiger partial charge in [0.15, 0.2) is 9.84 Å². The topological polar surface area (TPSA) is 113 Å². The van der Waals surface area contributed by atoms with Crippen molar-refractivity contribution in [2.45, 2.75) is 36.7 Å². The van der Waals surface area contributed by atoms with Crippen molar-refractivity contribution in [2.24, 2.45) is 0 Å². The van der Waals surface area contributed by atoms with E-state index in [1.807, 2.05) is 0 Å². The minimum Gasteiger partial charge on any atom is -0.362 e. The number of non-ortho nitro benzene ring substituents is 1. The third kappa shape index (κ3) is 3.37. The Morgan fingerprint density at radius 3 is 2.38 bits per heavy atom. The van der Waals surface area contributed by atoms with E-state index in [1.165, 1.54) is 0 Å². The van der Waals surface area contributed by atoms with Crippen LogP contribution in [0, 0.1) is 21.3 Å². The molecule has 1 heterocycles. The maximum absolute atomic E-state index is 14.2. The molecule has 2 N–H and O–H groups in total. The first-order chi connectivity index (χ1) is 11.6. The zero-order valence-electron chi connectivity index (χ0n) is 13.6. The van der Waals surface area contributed by atoms with Gasteiger partial charge in [-0.05, 0) is 19.9 Å². The first-order valence-corrected chi connectivity index (χ1v) is 8.87. The molecule has 1 aliphatic rings. The zero-order valence-corrected chi connectivity index (χ0v) is 14.5. The van der Waals surface area contributed by atoms with Gasteiger partial charge in [-0.1, -0.05) is 0 Å². The molecule has 0 spiro atoms. The predicted octanol–water partition coefficient (Wildman–Crippen LogP) is 2.66. The van der Waals surface area contributed by atoms with E-state index < -0.39 is 66.3 Å². The van der Waals surface area contributed by atoms with Gasteiger partial charge < -0.3 is 5.32 Å². The van der Waals surface area contributed by atoms with Crippen molar-refractivity contribution < 1.29 is 30.9 Å². The molecule has 2 atom stereocenters. The van der Waals surface area contributed by atoms with Crippen LogP contribution >= 0.6 is 0 Å². The van der Waals surface area contributed by atoms with E-state index in [0.29, 0.717) is 0 Å². The van der Waals surface area contributed by atoms with Gasteiger partial charge >= 0.3 is 6.18 Å². The normalized spacial score (nSPS) is 28.5. The number of nitrogens with one attached hydrogen (secondary N) is 2. The van der Waals surface area contributed by atoms with Gasteiger partial charge in [-0.25, -0.2) is 12.8 Å². The fourth-order valence-electron chi connectivity index (χ4n) is 2.91. The standard InChI is InChI=1S/C14H15F4N3O4S/c1-12(9-5-8(21(22)23)3-4-10(9)15)7-26(24,25)13(2,11(19)20-12)6-14(16,17)18/h3-5H,6-7H2,1-2H3,(H2,19,20)/t12-,13+/m0/s1. The number of nitro groups is 1. The quantitative estimate of drug-likeness (QED) is 0.463. The van der Waals surface area contributed by atoms with Gasteiger partial charge in [0.25, 0.3) is 5.69 Å². The molecule has 0 radical (unpaired) electrons. The molecule has 0 bridgehead atoms. The fraction of sp³-hybridized carbons (Fsp3) is 0.500. The molecule has 0 amide bonds. The molecule has 26 heavy (non-hydrogen) atoms. The highest BCUT2D eigenvalue weighted by atomic mass is 32.2. The number of alkyl halides is 3. The van der Waals surface area contributed by atoms with Crippen LogP contribution in [0.15, 0.2) is 18.2 Å². The Kier molecular flexibility index (Phi) is 4.55. The van der Waals surface area contributed by atoms with Crippen molar-refractivity contribution in [3.63, 3.8) is 0 Å². The van der Waals surface area contributed by atoms with E-state index in [1.54, 1.807) is 0 Å². The maximum Gasteiger partial charge on any atom is 0.391 e. The second-order valence-electron chi connectivity index (χ2n) is 6.54. The Labute approximate surface area is 146 Å². The molecular weight excluding hydrogens is 382 g/mol. The molecule has 144 valence electrons. The average molecular weight is 397 g/mol. The Bertz CT molecular complexity index is 887. The van der Waals surface area contributed by atoms with Crippen molar-refractivity contribution in [2.75, 3.05) is 5.75 Å². The van der Waals surface area contributed by atoms with Gasteiger partial charge in [-0.3, -0.25) is 15.5 Å². The van der Waals surface area contributed by atoms with E-state index in [-0.39, 0.29) is 0 Å². The largest absolute Gasteiger partial charge is 0.391 e. The SMILES string of the molecule is C[C@@]1(c2cc([N+](=O)[O-])ccc2F)CS(=O)(=O)[C@](C)(CC(F)(F)F)C(=N)N1. The smallest absolute Gasteiger partial charge is 0.362 e. The maximum atomic E-state index is 14.2. The minimum atomic E-state index is -4.85. The lowest BCUT2D eigenvalue weighted by Crippen LogP contribution is -2.66. The van der Waals surface area contributed by atoms with Gasteiger partial charge in [-0.2, -0.15) is 13.2 Å². The van der Waals surface area contributed by atoms with Gasteiger partial charge in [0.05, 0.1) is 22.6 Å². The van der Waals surface area contributed by atoms with Crippen LogP contribution in [0.3, 0.4) is 0 Å². The lowest BCUT2D eigenvalue weighted by Gasteiger charge is -2.44. The number of amidine groups is 1. The van der Waals surface area contributed by atoms with E-state index in [2.05, 4.69) is 5.32 Å². The van der Waals surface area contributed by atoms with Crippen molar-refractivity contribution >= 4 is 21.4 Å². The molecule has 1 fully saturated rings. The second kappa shape index (κ2) is 5.89. The van der Waals surface area contributed by atoms with Crippen LogP contribution < -0.4 is 5.32 Å². The molecular formula is C14H15F4N3O4S. The van der Waals surface area contributed by atoms with Crippen LogP contribution in [0.4, 0.5) is 23.2 Å². The summed E-state index contributed by atoms with van der Waals surface area (Å²) in [5.41, 5.74) is -2.78. The number of hydrogen-bond donors (Lipinski definition) is 2. The van der Waals surface area contributed by atoms with Crippen LogP contribution in [0.2, 0.25) is 0 Å². The van der Waals surface area contributed by atoms with Gasteiger partial charge in [0.2, 0.25) is 0 Å². The van der Waals surface area contributed by atoms with Crippen molar-refractivity contribution in [1.82, 2.24) is 5.32 Å². The number of sulfone groups is 1. The molecule has 1 aromatic rings. The molecule has 1 aliphatic heterocycles. The monoisotopic (exact) mass is 397 g/mol. The Balaban J connectivity index is 2.55. The van der Waals surface area contributed by atoms with E-state index in [9.17, 15) is 36.1 Å². The van der Waals surface area contributed by atoms with Crippen LogP contribution in [-0.4, -0.2) is 35.9 Å². The van der Waals surface area contributed by atoms with Crippen LogP contribution in [0.25, 0.3) is 0 Å². The minimum absolute atomic E-state index is 0.422. The Hall–Kier alpha value is -2.24. The van der Waals surface area contributed by atoms with E-state index >= 15 is 0 Å². The summed E-state index contributed by atoms with van der Waals surface area (Å²) in [4.78, 5) is 10.1. The molecule has 0 aromatic heterocycles. The van der Waals surface area contributed by atoms with Crippen LogP contribution in [0.5, 0.6) is 0 Å². The van der Waals surface area contributed by atoms with Gasteiger partial charge in [0.1, 0.15) is 16.4 Å². The third-order valence-electron chi connectivity index (χ3n) is 4.39. The Morgan fingerprint density at radius 2 is 1.92 bits per heavy atom. The lowest BCUT2D eigenvalue weighted by atomic mass is 9.90. The number of halogens is 4. The number of benzene rings is 1. The molecule has 2 rings (SSSR count). The van der Waals surface area contributed by atoms with Crippen molar-refractivity contribution in [3.8, 4) is 0 Å². The average Bonchev–Trinajstić information content (AvgIpc) is 2.43. The summed E-state index contributed by atoms with van der Waals surface area (Å²) in [6.45, 7) is 1.93. The molecule has 0 unspecified atom stereocenters. The summed E-state index contributed by atoms with van der Waals surface area (Å²) < 4.78 is 75.2. The van der Waals surface area contributed by atoms with Gasteiger partial charge in [-0.15, -0.1) is 0 Å². The molecule has 7 nitrogen and oxygen atoms in total. The summed E-state index contributed by atoms with van der Waals surface area (Å²) in [7, 11) is -4.55. The number of nitrogens with zero attached hydrogens (tertiary/aromatic N) is 1.